The molecule has 2 saturated heterocycles. The van der Waals surface area contributed by atoms with Crippen LogP contribution in [0.1, 0.15) is 32.1 Å². The van der Waals surface area contributed by atoms with Crippen LogP contribution in [0.3, 0.4) is 0 Å². The smallest absolute Gasteiger partial charge is 0.241 e. The molecule has 2 aliphatic rings. The molecule has 0 aromatic rings. The Bertz CT molecular complexity index is 235. The lowest BCUT2D eigenvalue weighted by Crippen LogP contribution is -2.44. The van der Waals surface area contributed by atoms with Crippen LogP contribution < -0.4 is 0 Å². The van der Waals surface area contributed by atoms with Gasteiger partial charge in [-0.1, -0.05) is 0 Å². The van der Waals surface area contributed by atoms with Crippen LogP contribution in [0.4, 0.5) is 0 Å². The number of ether oxygens (including phenoxy) is 1. The first-order chi connectivity index (χ1) is 7.79. The molecule has 92 valence electrons. The predicted molar refractivity (Wildman–Crippen MR) is 63.6 cm³/mol. The molecule has 0 spiro atoms. The summed E-state index contributed by atoms with van der Waals surface area (Å²) in [6, 6.07) is 0. The minimum absolute atomic E-state index is 0.122. The van der Waals surface area contributed by atoms with E-state index >= 15 is 0 Å². The van der Waals surface area contributed by atoms with Gasteiger partial charge in [-0.15, -0.1) is 11.6 Å². The molecule has 0 saturated carbocycles. The molecule has 0 aliphatic carbocycles. The molecular formula is C12H20ClNO2. The van der Waals surface area contributed by atoms with Crippen molar-refractivity contribution >= 4 is 17.5 Å². The highest BCUT2D eigenvalue weighted by atomic mass is 35.5. The highest BCUT2D eigenvalue weighted by Crippen LogP contribution is 2.24. The molecule has 2 heterocycles. The maximum Gasteiger partial charge on any atom is 0.241 e. The van der Waals surface area contributed by atoms with Gasteiger partial charge in [0.15, 0.2) is 0 Å². The van der Waals surface area contributed by atoms with Gasteiger partial charge in [-0.05, 0) is 32.1 Å². The third-order valence-electron chi connectivity index (χ3n) is 3.51. The predicted octanol–water partition coefficient (Wildman–Crippen LogP) is 2.03. The Hall–Kier alpha value is -0.280. The first-order valence-corrected chi connectivity index (χ1v) is 6.73. The third kappa shape index (κ3) is 2.89. The molecule has 2 fully saturated rings. The lowest BCUT2D eigenvalue weighted by atomic mass is 9.97. The fourth-order valence-electron chi connectivity index (χ4n) is 2.49. The van der Waals surface area contributed by atoms with Gasteiger partial charge in [0.25, 0.3) is 0 Å². The summed E-state index contributed by atoms with van der Waals surface area (Å²) in [6.07, 6.45) is 5.53. The Kier molecular flexibility index (Phi) is 4.47. The van der Waals surface area contributed by atoms with Gasteiger partial charge >= 0.3 is 0 Å². The van der Waals surface area contributed by atoms with Crippen molar-refractivity contribution in [1.29, 1.82) is 0 Å². The summed E-state index contributed by atoms with van der Waals surface area (Å²) in [6.45, 7) is 3.23. The molecule has 0 N–H and O–H groups in total. The molecule has 16 heavy (non-hydrogen) atoms. The number of piperidine rings is 1. The van der Waals surface area contributed by atoms with Crippen LogP contribution in [0.2, 0.25) is 0 Å². The van der Waals surface area contributed by atoms with E-state index in [1.54, 1.807) is 0 Å². The van der Waals surface area contributed by atoms with Crippen molar-refractivity contribution in [2.75, 3.05) is 26.3 Å². The van der Waals surface area contributed by atoms with E-state index in [0.29, 0.717) is 6.61 Å². The van der Waals surface area contributed by atoms with E-state index in [0.717, 1.165) is 45.4 Å². The van der Waals surface area contributed by atoms with Crippen molar-refractivity contribution in [2.45, 2.75) is 37.5 Å². The SMILES string of the molecule is O=C(C(Cl)C1CCCOC1)N1CCCCC1. The number of alkyl halides is 1. The fraction of sp³-hybridized carbons (Fsp3) is 0.917. The number of carbonyl (C=O) groups is 1. The molecule has 0 aromatic carbocycles. The van der Waals surface area contributed by atoms with Gasteiger partial charge in [-0.3, -0.25) is 4.79 Å². The van der Waals surface area contributed by atoms with Crippen molar-refractivity contribution in [3.05, 3.63) is 0 Å². The molecule has 0 radical (unpaired) electrons. The average Bonchev–Trinajstić information content (AvgIpc) is 2.39. The van der Waals surface area contributed by atoms with E-state index in [2.05, 4.69) is 0 Å². The monoisotopic (exact) mass is 245 g/mol. The third-order valence-corrected chi connectivity index (χ3v) is 4.06. The van der Waals surface area contributed by atoms with Crippen LogP contribution in [-0.2, 0) is 9.53 Å². The topological polar surface area (TPSA) is 29.5 Å². The second kappa shape index (κ2) is 5.87. The number of rotatable bonds is 2. The number of likely N-dealkylation sites (tertiary alicyclic amines) is 1. The molecular weight excluding hydrogens is 226 g/mol. The number of nitrogens with zero attached hydrogens (tertiary/aromatic N) is 1. The summed E-state index contributed by atoms with van der Waals surface area (Å²) < 4.78 is 5.39. The highest BCUT2D eigenvalue weighted by molar-refractivity contribution is 6.30. The van der Waals surface area contributed by atoms with Gasteiger partial charge in [0.2, 0.25) is 5.91 Å². The van der Waals surface area contributed by atoms with Crippen molar-refractivity contribution in [2.24, 2.45) is 5.92 Å². The number of amides is 1. The van der Waals surface area contributed by atoms with Gasteiger partial charge < -0.3 is 9.64 Å². The second-order valence-electron chi connectivity index (χ2n) is 4.76. The summed E-state index contributed by atoms with van der Waals surface area (Å²) >= 11 is 6.27. The fourth-order valence-corrected chi connectivity index (χ4v) is 2.82. The van der Waals surface area contributed by atoms with Crippen LogP contribution in [0.25, 0.3) is 0 Å². The van der Waals surface area contributed by atoms with Crippen LogP contribution in [-0.4, -0.2) is 42.5 Å². The summed E-state index contributed by atoms with van der Waals surface area (Å²) in [7, 11) is 0. The second-order valence-corrected chi connectivity index (χ2v) is 5.24. The van der Waals surface area contributed by atoms with Crippen molar-refractivity contribution < 1.29 is 9.53 Å². The van der Waals surface area contributed by atoms with Gasteiger partial charge in [0.1, 0.15) is 5.38 Å². The Morgan fingerprint density at radius 2 is 2.00 bits per heavy atom. The summed E-state index contributed by atoms with van der Waals surface area (Å²) in [5, 5.41) is -0.376. The maximum absolute atomic E-state index is 12.1. The summed E-state index contributed by atoms with van der Waals surface area (Å²) in [4.78, 5) is 14.1. The molecule has 2 unspecified atom stereocenters. The van der Waals surface area contributed by atoms with E-state index in [9.17, 15) is 4.79 Å². The first-order valence-electron chi connectivity index (χ1n) is 6.29. The van der Waals surface area contributed by atoms with Crippen LogP contribution >= 0.6 is 11.6 Å². The molecule has 0 bridgehead atoms. The summed E-state index contributed by atoms with van der Waals surface area (Å²) in [5.74, 6) is 0.335. The van der Waals surface area contributed by atoms with Gasteiger partial charge in [0, 0.05) is 25.6 Å². The Morgan fingerprint density at radius 3 is 2.62 bits per heavy atom. The highest BCUT2D eigenvalue weighted by Gasteiger charge is 2.31. The van der Waals surface area contributed by atoms with E-state index in [1.165, 1.54) is 6.42 Å². The van der Waals surface area contributed by atoms with Gasteiger partial charge in [0.05, 0.1) is 6.61 Å². The number of hydrogen-bond donors (Lipinski definition) is 0. The standard InChI is InChI=1S/C12H20ClNO2/c13-11(10-5-4-8-16-9-10)12(15)14-6-2-1-3-7-14/h10-11H,1-9H2. The van der Waals surface area contributed by atoms with E-state index < -0.39 is 0 Å². The van der Waals surface area contributed by atoms with Crippen LogP contribution in [0.15, 0.2) is 0 Å². The zero-order valence-corrected chi connectivity index (χ0v) is 10.4. The van der Waals surface area contributed by atoms with E-state index in [4.69, 9.17) is 16.3 Å². The minimum Gasteiger partial charge on any atom is -0.381 e. The molecule has 2 atom stereocenters. The molecule has 0 aromatic heterocycles. The van der Waals surface area contributed by atoms with Crippen molar-refractivity contribution in [3.63, 3.8) is 0 Å². The Morgan fingerprint density at radius 1 is 1.25 bits per heavy atom. The van der Waals surface area contributed by atoms with E-state index in [-0.39, 0.29) is 17.2 Å². The molecule has 4 heteroatoms. The maximum atomic E-state index is 12.1. The van der Waals surface area contributed by atoms with Crippen molar-refractivity contribution in [3.8, 4) is 0 Å². The van der Waals surface area contributed by atoms with E-state index in [1.807, 2.05) is 4.90 Å². The Labute approximate surface area is 102 Å². The van der Waals surface area contributed by atoms with Gasteiger partial charge in [-0.25, -0.2) is 0 Å². The van der Waals surface area contributed by atoms with Gasteiger partial charge in [-0.2, -0.15) is 0 Å². The largest absolute Gasteiger partial charge is 0.381 e. The number of carbonyl (C=O) groups excluding carboxylic acids is 1. The van der Waals surface area contributed by atoms with Crippen LogP contribution in [0.5, 0.6) is 0 Å². The van der Waals surface area contributed by atoms with Crippen molar-refractivity contribution in [1.82, 2.24) is 4.90 Å². The molecule has 2 rings (SSSR count). The number of halogens is 1. The molecule has 2 aliphatic heterocycles. The zero-order chi connectivity index (χ0) is 11.4. The quantitative estimate of drug-likeness (QED) is 0.697. The summed E-state index contributed by atoms with van der Waals surface area (Å²) in [5.41, 5.74) is 0. The zero-order valence-electron chi connectivity index (χ0n) is 9.66. The first kappa shape index (κ1) is 12.2. The molecule has 1 amide bonds. The van der Waals surface area contributed by atoms with Crippen LogP contribution in [0, 0.1) is 5.92 Å². The number of hydrogen-bond acceptors (Lipinski definition) is 2. The minimum atomic E-state index is -0.376. The Balaban J connectivity index is 1.86. The lowest BCUT2D eigenvalue weighted by molar-refractivity contribution is -0.133. The molecule has 3 nitrogen and oxygen atoms in total. The average molecular weight is 246 g/mol. The lowest BCUT2D eigenvalue weighted by Gasteiger charge is -2.32. The normalized spacial score (nSPS) is 28.8.